The van der Waals surface area contributed by atoms with Crippen LogP contribution in [0.1, 0.15) is 67.2 Å². The van der Waals surface area contributed by atoms with E-state index in [0.717, 1.165) is 12.8 Å². The van der Waals surface area contributed by atoms with Gasteiger partial charge in [0, 0.05) is 18.9 Å². The van der Waals surface area contributed by atoms with Crippen LogP contribution in [0.4, 0.5) is 0 Å². The first-order valence-corrected chi connectivity index (χ1v) is 9.39. The highest BCUT2D eigenvalue weighted by Gasteiger charge is 2.16. The van der Waals surface area contributed by atoms with Gasteiger partial charge in [-0.2, -0.15) is 0 Å². The van der Waals surface area contributed by atoms with Crippen molar-refractivity contribution < 1.29 is 23.8 Å². The zero-order valence-electron chi connectivity index (χ0n) is 16.8. The van der Waals surface area contributed by atoms with E-state index in [4.69, 9.17) is 14.2 Å². The zero-order chi connectivity index (χ0) is 19.7. The number of carbonyl (C=O) groups is 2. The van der Waals surface area contributed by atoms with Crippen molar-refractivity contribution in [2.45, 2.75) is 73.3 Å². The minimum absolute atomic E-state index is 0.0149. The Morgan fingerprint density at radius 2 is 1.31 bits per heavy atom. The first-order chi connectivity index (χ1) is 12.2. The second kappa shape index (κ2) is 10.8. The molecule has 0 unspecified atom stereocenters. The van der Waals surface area contributed by atoms with Crippen LogP contribution in [0.3, 0.4) is 0 Å². The second-order valence-electron chi connectivity index (χ2n) is 7.59. The first-order valence-electron chi connectivity index (χ1n) is 9.39. The lowest BCUT2D eigenvalue weighted by molar-refractivity contribution is -0.137. The first kappa shape index (κ1) is 22.0. The van der Waals surface area contributed by atoms with E-state index in [1.807, 2.05) is 41.5 Å². The molecule has 5 nitrogen and oxygen atoms in total. The van der Waals surface area contributed by atoms with Crippen LogP contribution < -0.4 is 14.2 Å². The predicted molar refractivity (Wildman–Crippen MR) is 102 cm³/mol. The lowest BCUT2D eigenvalue weighted by atomic mass is 10.1. The Morgan fingerprint density at radius 3 is 1.77 bits per heavy atom. The van der Waals surface area contributed by atoms with Gasteiger partial charge < -0.3 is 14.2 Å². The van der Waals surface area contributed by atoms with E-state index >= 15 is 0 Å². The maximum Gasteiger partial charge on any atom is 0.311 e. The second-order valence-corrected chi connectivity index (χ2v) is 7.59. The summed E-state index contributed by atoms with van der Waals surface area (Å²) >= 11 is 0. The summed E-state index contributed by atoms with van der Waals surface area (Å²) in [7, 11) is 0. The Balaban J connectivity index is 2.89. The Morgan fingerprint density at radius 1 is 0.808 bits per heavy atom. The molecule has 0 aliphatic rings. The molecule has 0 atom stereocenters. The van der Waals surface area contributed by atoms with Crippen LogP contribution in [-0.4, -0.2) is 18.0 Å². The highest BCUT2D eigenvalue weighted by molar-refractivity contribution is 5.76. The Labute approximate surface area is 157 Å². The highest BCUT2D eigenvalue weighted by atomic mass is 16.6. The molecule has 0 bridgehead atoms. The normalized spacial score (nSPS) is 11.1. The fourth-order valence-electron chi connectivity index (χ4n) is 2.16. The van der Waals surface area contributed by atoms with Crippen LogP contribution >= 0.6 is 0 Å². The fraction of sp³-hybridized carbons (Fsp3) is 0.619. The van der Waals surface area contributed by atoms with Gasteiger partial charge in [0.25, 0.3) is 0 Å². The minimum Gasteiger partial charge on any atom is -0.491 e. The quantitative estimate of drug-likeness (QED) is 0.424. The molecular weight excluding hydrogens is 332 g/mol. The van der Waals surface area contributed by atoms with Crippen molar-refractivity contribution in [1.82, 2.24) is 0 Å². The van der Waals surface area contributed by atoms with Gasteiger partial charge in [0.05, 0.1) is 6.10 Å². The van der Waals surface area contributed by atoms with Gasteiger partial charge in [0.15, 0.2) is 11.5 Å². The molecule has 1 aromatic rings. The molecule has 0 fully saturated rings. The van der Waals surface area contributed by atoms with Gasteiger partial charge in [-0.25, -0.2) is 0 Å². The van der Waals surface area contributed by atoms with Gasteiger partial charge in [-0.3, -0.25) is 9.59 Å². The van der Waals surface area contributed by atoms with E-state index in [9.17, 15) is 9.59 Å². The van der Waals surface area contributed by atoms with Gasteiger partial charge in [-0.05, 0) is 50.7 Å². The molecule has 1 rings (SSSR count). The number of esters is 2. The topological polar surface area (TPSA) is 61.8 Å². The number of ether oxygens (including phenoxy) is 3. The number of hydrogen-bond donors (Lipinski definition) is 0. The minimum atomic E-state index is -0.347. The summed E-state index contributed by atoms with van der Waals surface area (Å²) in [6, 6.07) is 4.91. The number of benzene rings is 1. The Bertz CT molecular complexity index is 590. The van der Waals surface area contributed by atoms with Crippen LogP contribution in [0.5, 0.6) is 17.2 Å². The van der Waals surface area contributed by atoms with Gasteiger partial charge in [-0.1, -0.05) is 27.7 Å². The van der Waals surface area contributed by atoms with Crippen molar-refractivity contribution in [3.8, 4) is 17.2 Å². The Kier molecular flexibility index (Phi) is 9.17. The summed E-state index contributed by atoms with van der Waals surface area (Å²) in [6.07, 6.45) is 2.11. The molecule has 0 heterocycles. The van der Waals surface area contributed by atoms with E-state index in [1.54, 1.807) is 18.2 Å². The monoisotopic (exact) mass is 364 g/mol. The standard InChI is InChI=1S/C21H32O5/c1-14(2)7-11-20(22)25-18-10-9-17(24-16(5)6)13-19(18)26-21(23)12-8-15(3)4/h9-10,13-16H,7-8,11-12H2,1-6H3. The van der Waals surface area contributed by atoms with Gasteiger partial charge in [0.1, 0.15) is 5.75 Å². The van der Waals surface area contributed by atoms with E-state index in [0.29, 0.717) is 30.4 Å². The van der Waals surface area contributed by atoms with Crippen molar-refractivity contribution in [3.63, 3.8) is 0 Å². The maximum absolute atomic E-state index is 12.1. The molecule has 1 aromatic carbocycles. The lowest BCUT2D eigenvalue weighted by Crippen LogP contribution is -2.13. The average Bonchev–Trinajstić information content (AvgIpc) is 2.53. The third kappa shape index (κ3) is 8.88. The third-order valence-corrected chi connectivity index (χ3v) is 3.59. The number of rotatable bonds is 10. The van der Waals surface area contributed by atoms with E-state index < -0.39 is 0 Å². The molecule has 0 radical (unpaired) electrons. The van der Waals surface area contributed by atoms with Crippen LogP contribution in [0.25, 0.3) is 0 Å². The third-order valence-electron chi connectivity index (χ3n) is 3.59. The molecule has 0 N–H and O–H groups in total. The molecule has 26 heavy (non-hydrogen) atoms. The van der Waals surface area contributed by atoms with Gasteiger partial charge in [-0.15, -0.1) is 0 Å². The summed E-state index contributed by atoms with van der Waals surface area (Å²) in [6.45, 7) is 12.0. The molecule has 0 saturated heterocycles. The molecule has 146 valence electrons. The fourth-order valence-corrected chi connectivity index (χ4v) is 2.16. The maximum atomic E-state index is 12.1. The summed E-state index contributed by atoms with van der Waals surface area (Å²) in [4.78, 5) is 24.1. The van der Waals surface area contributed by atoms with Crippen LogP contribution in [-0.2, 0) is 9.59 Å². The van der Waals surface area contributed by atoms with Crippen molar-refractivity contribution in [2.75, 3.05) is 0 Å². The van der Waals surface area contributed by atoms with Gasteiger partial charge >= 0.3 is 11.9 Å². The highest BCUT2D eigenvalue weighted by Crippen LogP contribution is 2.33. The molecule has 0 aliphatic heterocycles. The molecule has 0 aliphatic carbocycles. The Hall–Kier alpha value is -2.04. The molecule has 5 heteroatoms. The summed E-state index contributed by atoms with van der Waals surface area (Å²) in [5, 5.41) is 0. The van der Waals surface area contributed by atoms with E-state index in [-0.39, 0.29) is 29.5 Å². The van der Waals surface area contributed by atoms with Crippen LogP contribution in [0.15, 0.2) is 18.2 Å². The molecule has 0 aromatic heterocycles. The van der Waals surface area contributed by atoms with Crippen LogP contribution in [0, 0.1) is 11.8 Å². The SMILES string of the molecule is CC(C)CCC(=O)Oc1ccc(OC(C)C)cc1OC(=O)CCC(C)C. The van der Waals surface area contributed by atoms with Crippen molar-refractivity contribution >= 4 is 11.9 Å². The van der Waals surface area contributed by atoms with E-state index in [2.05, 4.69) is 0 Å². The molecule has 0 saturated carbocycles. The average molecular weight is 364 g/mol. The largest absolute Gasteiger partial charge is 0.491 e. The molecule has 0 spiro atoms. The summed E-state index contributed by atoms with van der Waals surface area (Å²) in [5.74, 6) is 1.16. The van der Waals surface area contributed by atoms with Gasteiger partial charge in [0.2, 0.25) is 0 Å². The van der Waals surface area contributed by atoms with E-state index in [1.165, 1.54) is 0 Å². The molecule has 0 amide bonds. The van der Waals surface area contributed by atoms with Crippen molar-refractivity contribution in [2.24, 2.45) is 11.8 Å². The zero-order valence-corrected chi connectivity index (χ0v) is 16.8. The predicted octanol–water partition coefficient (Wildman–Crippen LogP) is 5.16. The number of carbonyl (C=O) groups excluding carboxylic acids is 2. The van der Waals surface area contributed by atoms with Crippen LogP contribution in [0.2, 0.25) is 0 Å². The lowest BCUT2D eigenvalue weighted by Gasteiger charge is -2.15. The number of hydrogen-bond acceptors (Lipinski definition) is 5. The molecular formula is C21H32O5. The summed E-state index contributed by atoms with van der Waals surface area (Å²) < 4.78 is 16.5. The van der Waals surface area contributed by atoms with Crippen molar-refractivity contribution in [1.29, 1.82) is 0 Å². The summed E-state index contributed by atoms with van der Waals surface area (Å²) in [5.41, 5.74) is 0. The smallest absolute Gasteiger partial charge is 0.311 e. The van der Waals surface area contributed by atoms with Crippen molar-refractivity contribution in [3.05, 3.63) is 18.2 Å².